The van der Waals surface area contributed by atoms with Crippen LogP contribution in [0.4, 0.5) is 27.5 Å². The number of carbonyl (C=O) groups excluding carboxylic acids is 1. The van der Waals surface area contributed by atoms with Crippen LogP contribution in [0, 0.1) is 23.6 Å². The highest BCUT2D eigenvalue weighted by atomic mass is 19.1. The van der Waals surface area contributed by atoms with Gasteiger partial charge in [0.05, 0.1) is 12.1 Å². The van der Waals surface area contributed by atoms with Gasteiger partial charge in [-0.15, -0.1) is 0 Å². The van der Waals surface area contributed by atoms with Crippen molar-refractivity contribution in [2.45, 2.75) is 44.2 Å². The standard InChI is InChI=1S/C28H36FN7O/c1-35(2)12-13-36-11-10-17-15-21(8-9-23(17)36)32-28-30-16-22(29)26(34-28)33-25-19-7-6-18(14-19)24(25)27(37)31-20-4-3-5-20/h6-9,15-16,18-20,24-25H,3-5,10-14H2,1-2H3,(H,31,37)(H2,30,32,33,34). The predicted octanol–water partition coefficient (Wildman–Crippen LogP) is 3.55. The van der Waals surface area contributed by atoms with Crippen LogP contribution in [0.3, 0.4) is 0 Å². The summed E-state index contributed by atoms with van der Waals surface area (Å²) in [6, 6.07) is 6.40. The molecule has 0 saturated heterocycles. The third-order valence-electron chi connectivity index (χ3n) is 8.41. The Labute approximate surface area is 217 Å². The molecule has 3 aliphatic carbocycles. The minimum absolute atomic E-state index is 0.0737. The Morgan fingerprint density at radius 2 is 2.05 bits per heavy atom. The highest BCUT2D eigenvalue weighted by Crippen LogP contribution is 2.45. The van der Waals surface area contributed by atoms with Gasteiger partial charge in [0.2, 0.25) is 11.9 Å². The maximum absolute atomic E-state index is 14.8. The Bertz CT molecular complexity index is 1200. The first kappa shape index (κ1) is 24.2. The average molecular weight is 506 g/mol. The number of benzene rings is 1. The van der Waals surface area contributed by atoms with Gasteiger partial charge in [0.15, 0.2) is 11.6 Å². The van der Waals surface area contributed by atoms with E-state index in [2.05, 4.69) is 74.1 Å². The summed E-state index contributed by atoms with van der Waals surface area (Å²) in [6.45, 7) is 3.03. The Hall–Kier alpha value is -3.20. The third-order valence-corrected chi connectivity index (χ3v) is 8.41. The topological polar surface area (TPSA) is 85.4 Å². The number of carbonyl (C=O) groups is 1. The highest BCUT2D eigenvalue weighted by Gasteiger charge is 2.49. The summed E-state index contributed by atoms with van der Waals surface area (Å²) in [6.07, 6.45) is 10.7. The molecule has 1 aromatic carbocycles. The molecule has 1 aromatic heterocycles. The maximum Gasteiger partial charge on any atom is 0.229 e. The van der Waals surface area contributed by atoms with Gasteiger partial charge in [-0.1, -0.05) is 12.2 Å². The molecule has 2 aromatic rings. The second-order valence-corrected chi connectivity index (χ2v) is 11.2. The van der Waals surface area contributed by atoms with E-state index < -0.39 is 5.82 Å². The molecule has 4 aliphatic rings. The number of nitrogens with one attached hydrogen (secondary N) is 3. The third kappa shape index (κ3) is 4.89. The van der Waals surface area contributed by atoms with Crippen molar-refractivity contribution < 1.29 is 9.18 Å². The van der Waals surface area contributed by atoms with Crippen LogP contribution in [0.2, 0.25) is 0 Å². The first-order chi connectivity index (χ1) is 17.9. The lowest BCUT2D eigenvalue weighted by molar-refractivity contribution is -0.127. The van der Waals surface area contributed by atoms with E-state index in [-0.39, 0.29) is 41.6 Å². The fourth-order valence-corrected chi connectivity index (χ4v) is 6.14. The van der Waals surface area contributed by atoms with Gasteiger partial charge in [-0.2, -0.15) is 4.98 Å². The first-order valence-electron chi connectivity index (χ1n) is 13.5. The quantitative estimate of drug-likeness (QED) is 0.450. The van der Waals surface area contributed by atoms with Crippen LogP contribution in [0.25, 0.3) is 0 Å². The number of anilines is 4. The van der Waals surface area contributed by atoms with Crippen molar-refractivity contribution in [1.29, 1.82) is 0 Å². The van der Waals surface area contributed by atoms with Gasteiger partial charge in [-0.3, -0.25) is 4.79 Å². The molecule has 196 valence electrons. The average Bonchev–Trinajstić information content (AvgIpc) is 3.57. The lowest BCUT2D eigenvalue weighted by Gasteiger charge is -2.32. The van der Waals surface area contributed by atoms with E-state index in [4.69, 9.17) is 0 Å². The normalized spacial score (nSPS) is 25.9. The zero-order valence-electron chi connectivity index (χ0n) is 21.6. The van der Waals surface area contributed by atoms with Gasteiger partial charge in [-0.05, 0) is 81.8 Å². The lowest BCUT2D eigenvalue weighted by atomic mass is 9.86. The number of fused-ring (bicyclic) bond motifs is 3. The fraction of sp³-hybridized carbons (Fsp3) is 0.536. The van der Waals surface area contributed by atoms with Crippen LogP contribution >= 0.6 is 0 Å². The van der Waals surface area contributed by atoms with Crippen molar-refractivity contribution in [3.05, 3.63) is 47.9 Å². The number of nitrogens with zero attached hydrogens (tertiary/aromatic N) is 4. The lowest BCUT2D eigenvalue weighted by Crippen LogP contribution is -2.48. The second-order valence-electron chi connectivity index (χ2n) is 11.2. The van der Waals surface area contributed by atoms with Crippen LogP contribution in [0.5, 0.6) is 0 Å². The van der Waals surface area contributed by atoms with Crippen LogP contribution in [0.1, 0.15) is 31.2 Å². The number of amides is 1. The van der Waals surface area contributed by atoms with E-state index in [0.29, 0.717) is 5.95 Å². The van der Waals surface area contributed by atoms with E-state index in [1.165, 1.54) is 23.9 Å². The van der Waals surface area contributed by atoms with E-state index in [0.717, 1.165) is 51.0 Å². The summed E-state index contributed by atoms with van der Waals surface area (Å²) in [5.41, 5.74) is 3.44. The largest absolute Gasteiger partial charge is 0.370 e. The molecular formula is C28H36FN7O. The summed E-state index contributed by atoms with van der Waals surface area (Å²) in [5.74, 6) is 0.203. The van der Waals surface area contributed by atoms with E-state index in [1.54, 1.807) is 0 Å². The van der Waals surface area contributed by atoms with Gasteiger partial charge >= 0.3 is 0 Å². The molecule has 3 N–H and O–H groups in total. The molecule has 1 amide bonds. The first-order valence-corrected chi connectivity index (χ1v) is 13.5. The van der Waals surface area contributed by atoms with Crippen molar-refractivity contribution in [3.63, 3.8) is 0 Å². The van der Waals surface area contributed by atoms with Crippen molar-refractivity contribution in [2.24, 2.45) is 17.8 Å². The smallest absolute Gasteiger partial charge is 0.229 e. The monoisotopic (exact) mass is 505 g/mol. The van der Waals surface area contributed by atoms with E-state index in [1.807, 2.05) is 6.07 Å². The van der Waals surface area contributed by atoms with E-state index >= 15 is 0 Å². The molecule has 2 heterocycles. The van der Waals surface area contributed by atoms with E-state index in [9.17, 15) is 9.18 Å². The van der Waals surface area contributed by atoms with Crippen molar-refractivity contribution >= 4 is 29.0 Å². The summed E-state index contributed by atoms with van der Waals surface area (Å²) < 4.78 is 14.8. The zero-order chi connectivity index (χ0) is 25.5. The molecule has 9 heteroatoms. The molecule has 37 heavy (non-hydrogen) atoms. The molecule has 4 unspecified atom stereocenters. The van der Waals surface area contributed by atoms with Gasteiger partial charge in [0.25, 0.3) is 0 Å². The molecule has 0 radical (unpaired) electrons. The number of halogens is 1. The van der Waals surface area contributed by atoms with Crippen LogP contribution < -0.4 is 20.9 Å². The fourth-order valence-electron chi connectivity index (χ4n) is 6.14. The molecule has 2 saturated carbocycles. The molecule has 8 nitrogen and oxygen atoms in total. The Balaban J connectivity index is 1.15. The van der Waals surface area contributed by atoms with Crippen molar-refractivity contribution in [3.8, 4) is 0 Å². The Kier molecular flexibility index (Phi) is 6.48. The van der Waals surface area contributed by atoms with Crippen LogP contribution in [0.15, 0.2) is 36.5 Å². The highest BCUT2D eigenvalue weighted by molar-refractivity contribution is 5.82. The number of hydrogen-bond donors (Lipinski definition) is 3. The van der Waals surface area contributed by atoms with Crippen LogP contribution in [-0.4, -0.2) is 66.6 Å². The summed E-state index contributed by atoms with van der Waals surface area (Å²) in [7, 11) is 4.18. The summed E-state index contributed by atoms with van der Waals surface area (Å²) in [4.78, 5) is 26.4. The molecule has 2 fully saturated rings. The molecule has 0 spiro atoms. The molecule has 1 aliphatic heterocycles. The van der Waals surface area contributed by atoms with Gasteiger partial charge in [0.1, 0.15) is 0 Å². The number of allylic oxidation sites excluding steroid dienone is 1. The molecule has 6 rings (SSSR count). The molecule has 4 atom stereocenters. The summed E-state index contributed by atoms with van der Waals surface area (Å²) in [5, 5.41) is 9.74. The summed E-state index contributed by atoms with van der Waals surface area (Å²) >= 11 is 0. The zero-order valence-corrected chi connectivity index (χ0v) is 21.6. The SMILES string of the molecule is CN(C)CCN1CCc2cc(Nc3ncc(F)c(NC4C5C=CC(C5)C4C(=O)NC4CCC4)n3)ccc21. The number of likely N-dealkylation sites (N-methyl/N-ethyl adjacent to an activating group) is 1. The van der Waals surface area contributed by atoms with Crippen molar-refractivity contribution in [1.82, 2.24) is 20.2 Å². The van der Waals surface area contributed by atoms with Crippen LogP contribution in [-0.2, 0) is 11.2 Å². The maximum atomic E-state index is 14.8. The second kappa shape index (κ2) is 9.93. The molecular weight excluding hydrogens is 469 g/mol. The number of rotatable bonds is 9. The van der Waals surface area contributed by atoms with Gasteiger partial charge in [0, 0.05) is 43.1 Å². The molecule has 2 bridgehead atoms. The number of aromatic nitrogens is 2. The predicted molar refractivity (Wildman–Crippen MR) is 144 cm³/mol. The minimum Gasteiger partial charge on any atom is -0.370 e. The van der Waals surface area contributed by atoms with Gasteiger partial charge < -0.3 is 25.8 Å². The van der Waals surface area contributed by atoms with Crippen molar-refractivity contribution in [2.75, 3.05) is 49.3 Å². The number of hydrogen-bond acceptors (Lipinski definition) is 7. The van der Waals surface area contributed by atoms with Gasteiger partial charge in [-0.25, -0.2) is 9.37 Å². The Morgan fingerprint density at radius 1 is 1.22 bits per heavy atom. The Morgan fingerprint density at radius 3 is 2.84 bits per heavy atom. The minimum atomic E-state index is -0.513.